The maximum Gasteiger partial charge on any atom is 0.319 e. The lowest BCUT2D eigenvalue weighted by Crippen LogP contribution is -2.34. The Morgan fingerprint density at radius 3 is 2.27 bits per heavy atom. The number of carbonyl (C=O) groups excluding carboxylic acids is 3. The molecular weight excluding hydrogens is 438 g/mol. The van der Waals surface area contributed by atoms with E-state index in [1.807, 2.05) is 19.9 Å². The molecule has 0 fully saturated rings. The minimum absolute atomic E-state index is 0.0268. The third kappa shape index (κ3) is 7.05. The highest BCUT2D eigenvalue weighted by Crippen LogP contribution is 2.19. The van der Waals surface area contributed by atoms with Crippen molar-refractivity contribution in [3.8, 4) is 0 Å². The summed E-state index contributed by atoms with van der Waals surface area (Å²) < 4.78 is 0. The van der Waals surface area contributed by atoms with Crippen LogP contribution in [-0.4, -0.2) is 23.8 Å². The summed E-state index contributed by atoms with van der Waals surface area (Å²) in [5.41, 5.74) is 2.81. The van der Waals surface area contributed by atoms with Crippen LogP contribution in [-0.2, 0) is 0 Å². The van der Waals surface area contributed by atoms with Crippen molar-refractivity contribution < 1.29 is 14.4 Å². The molecule has 7 heteroatoms. The van der Waals surface area contributed by atoms with Crippen LogP contribution in [0.4, 0.5) is 16.2 Å². The first-order valence-electron chi connectivity index (χ1n) is 10.4. The number of anilines is 2. The number of carbonyl (C=O) groups is 3. The van der Waals surface area contributed by atoms with E-state index in [-0.39, 0.29) is 23.8 Å². The molecule has 0 aliphatic heterocycles. The third-order valence-electron chi connectivity index (χ3n) is 4.54. The topological polar surface area (TPSA) is 87.3 Å². The molecule has 0 radical (unpaired) electrons. The van der Waals surface area contributed by atoms with Crippen molar-refractivity contribution in [2.45, 2.75) is 19.9 Å². The third-order valence-corrected chi connectivity index (χ3v) is 4.87. The van der Waals surface area contributed by atoms with E-state index < -0.39 is 0 Å². The number of amides is 3. The molecule has 0 bridgehead atoms. The Labute approximate surface area is 197 Å². The number of benzene rings is 3. The Hall–Kier alpha value is -3.90. The van der Waals surface area contributed by atoms with Crippen molar-refractivity contribution in [1.29, 1.82) is 0 Å². The second kappa shape index (κ2) is 11.1. The summed E-state index contributed by atoms with van der Waals surface area (Å²) in [6, 6.07) is 20.3. The van der Waals surface area contributed by atoms with Crippen molar-refractivity contribution in [3.05, 3.63) is 101 Å². The molecule has 0 aliphatic carbocycles. The van der Waals surface area contributed by atoms with Gasteiger partial charge >= 0.3 is 6.03 Å². The van der Waals surface area contributed by atoms with E-state index in [0.29, 0.717) is 27.5 Å². The fourth-order valence-electron chi connectivity index (χ4n) is 2.98. The average molecular weight is 462 g/mol. The van der Waals surface area contributed by atoms with Gasteiger partial charge in [0.15, 0.2) is 5.78 Å². The lowest BCUT2D eigenvalue weighted by atomic mass is 10.1. The minimum atomic E-state index is -0.311. The highest BCUT2D eigenvalue weighted by atomic mass is 35.5. The lowest BCUT2D eigenvalue weighted by Gasteiger charge is -2.10. The number of rotatable bonds is 7. The number of urea groups is 1. The molecule has 0 unspecified atom stereocenters. The molecule has 0 heterocycles. The van der Waals surface area contributed by atoms with Gasteiger partial charge in [0.1, 0.15) is 0 Å². The molecule has 0 atom stereocenters. The van der Waals surface area contributed by atoms with Crippen molar-refractivity contribution >= 4 is 46.8 Å². The molecule has 168 valence electrons. The van der Waals surface area contributed by atoms with Gasteiger partial charge in [-0.2, -0.15) is 0 Å². The summed E-state index contributed by atoms with van der Waals surface area (Å²) in [4.78, 5) is 36.7. The largest absolute Gasteiger partial charge is 0.336 e. The molecule has 0 aliphatic rings. The van der Waals surface area contributed by atoms with Crippen LogP contribution in [0.25, 0.3) is 6.08 Å². The molecule has 3 amide bonds. The summed E-state index contributed by atoms with van der Waals surface area (Å²) >= 11 is 6.08. The van der Waals surface area contributed by atoms with Gasteiger partial charge in [-0.25, -0.2) is 4.79 Å². The summed E-state index contributed by atoms with van der Waals surface area (Å²) in [7, 11) is 0. The zero-order chi connectivity index (χ0) is 23.8. The molecule has 0 saturated heterocycles. The van der Waals surface area contributed by atoms with E-state index in [4.69, 9.17) is 11.6 Å². The molecule has 33 heavy (non-hydrogen) atoms. The zero-order valence-electron chi connectivity index (χ0n) is 18.3. The normalized spacial score (nSPS) is 10.8. The van der Waals surface area contributed by atoms with Crippen molar-refractivity contribution in [1.82, 2.24) is 5.32 Å². The van der Waals surface area contributed by atoms with Crippen LogP contribution in [0.5, 0.6) is 0 Å². The Bertz CT molecular complexity index is 1190. The summed E-state index contributed by atoms with van der Waals surface area (Å²) in [5, 5.41) is 8.63. The highest BCUT2D eigenvalue weighted by molar-refractivity contribution is 6.34. The van der Waals surface area contributed by atoms with Crippen LogP contribution in [0.15, 0.2) is 78.9 Å². The molecule has 3 aromatic carbocycles. The van der Waals surface area contributed by atoms with Crippen LogP contribution in [0.2, 0.25) is 5.02 Å². The number of hydrogen-bond acceptors (Lipinski definition) is 3. The molecule has 0 aromatic heterocycles. The zero-order valence-corrected chi connectivity index (χ0v) is 19.0. The standard InChI is InChI=1S/C26H24ClN3O3/c1-17(2)28-26(33)30-20-13-11-19(12-14-20)24(31)15-10-18-6-5-7-21(16-18)29-25(32)22-8-3-4-9-23(22)27/h3-17H,1-2H3,(H,29,32)(H2,28,30,33)/b15-10+. The molecule has 3 rings (SSSR count). The maximum absolute atomic E-state index is 12.5. The maximum atomic E-state index is 12.5. The van der Waals surface area contributed by atoms with Crippen molar-refractivity contribution in [2.24, 2.45) is 0 Å². The summed E-state index contributed by atoms with van der Waals surface area (Å²) in [6.45, 7) is 3.74. The van der Waals surface area contributed by atoms with Gasteiger partial charge in [-0.15, -0.1) is 0 Å². The molecule has 0 saturated carbocycles. The fourth-order valence-corrected chi connectivity index (χ4v) is 3.20. The predicted octanol–water partition coefficient (Wildman–Crippen LogP) is 6.02. The molecule has 3 N–H and O–H groups in total. The van der Waals surface area contributed by atoms with Crippen LogP contribution in [0.1, 0.15) is 40.1 Å². The van der Waals surface area contributed by atoms with Gasteiger partial charge in [0, 0.05) is 23.0 Å². The number of allylic oxidation sites excluding steroid dienone is 1. The van der Waals surface area contributed by atoms with E-state index in [9.17, 15) is 14.4 Å². The second-order valence-electron chi connectivity index (χ2n) is 7.59. The fraction of sp³-hybridized carbons (Fsp3) is 0.115. The van der Waals surface area contributed by atoms with Gasteiger partial charge in [0.25, 0.3) is 5.91 Å². The van der Waals surface area contributed by atoms with Crippen molar-refractivity contribution in [2.75, 3.05) is 10.6 Å². The lowest BCUT2D eigenvalue weighted by molar-refractivity contribution is 0.102. The Morgan fingerprint density at radius 2 is 1.58 bits per heavy atom. The smallest absolute Gasteiger partial charge is 0.319 e. The summed E-state index contributed by atoms with van der Waals surface area (Å²) in [5.74, 6) is -0.493. The van der Waals surface area contributed by atoms with E-state index in [1.165, 1.54) is 6.08 Å². The predicted molar refractivity (Wildman–Crippen MR) is 133 cm³/mol. The van der Waals surface area contributed by atoms with E-state index in [2.05, 4.69) is 16.0 Å². The van der Waals surface area contributed by atoms with Gasteiger partial charge in [0.05, 0.1) is 10.6 Å². The molecular formula is C26H24ClN3O3. The van der Waals surface area contributed by atoms with Gasteiger partial charge in [0.2, 0.25) is 0 Å². The first-order valence-corrected chi connectivity index (χ1v) is 10.8. The van der Waals surface area contributed by atoms with Gasteiger partial charge in [-0.3, -0.25) is 9.59 Å². The number of halogens is 1. The minimum Gasteiger partial charge on any atom is -0.336 e. The number of hydrogen-bond donors (Lipinski definition) is 3. The Balaban J connectivity index is 1.62. The van der Waals surface area contributed by atoms with E-state index in [1.54, 1.807) is 72.8 Å². The Kier molecular flexibility index (Phi) is 8.00. The quantitative estimate of drug-likeness (QED) is 0.297. The Morgan fingerprint density at radius 1 is 0.848 bits per heavy atom. The van der Waals surface area contributed by atoms with E-state index >= 15 is 0 Å². The first kappa shape index (κ1) is 23.8. The number of nitrogens with one attached hydrogen (secondary N) is 3. The monoisotopic (exact) mass is 461 g/mol. The van der Waals surface area contributed by atoms with E-state index in [0.717, 1.165) is 5.56 Å². The van der Waals surface area contributed by atoms with Gasteiger partial charge < -0.3 is 16.0 Å². The molecule has 6 nitrogen and oxygen atoms in total. The number of ketones is 1. The van der Waals surface area contributed by atoms with Crippen LogP contribution in [0, 0.1) is 0 Å². The van der Waals surface area contributed by atoms with Crippen LogP contribution in [0.3, 0.4) is 0 Å². The first-order chi connectivity index (χ1) is 15.8. The van der Waals surface area contributed by atoms with Gasteiger partial charge in [-0.05, 0) is 74.0 Å². The van der Waals surface area contributed by atoms with Crippen molar-refractivity contribution in [3.63, 3.8) is 0 Å². The molecule has 0 spiro atoms. The van der Waals surface area contributed by atoms with Crippen LogP contribution < -0.4 is 16.0 Å². The summed E-state index contributed by atoms with van der Waals surface area (Å²) in [6.07, 6.45) is 3.14. The second-order valence-corrected chi connectivity index (χ2v) is 7.99. The SMILES string of the molecule is CC(C)NC(=O)Nc1ccc(C(=O)/C=C/c2cccc(NC(=O)c3ccccc3Cl)c2)cc1. The van der Waals surface area contributed by atoms with Crippen LogP contribution >= 0.6 is 11.6 Å². The van der Waals surface area contributed by atoms with Gasteiger partial charge in [-0.1, -0.05) is 41.9 Å². The molecule has 3 aromatic rings. The highest BCUT2D eigenvalue weighted by Gasteiger charge is 2.10. The average Bonchev–Trinajstić information content (AvgIpc) is 2.78.